The minimum atomic E-state index is 0.265. The van der Waals surface area contributed by atoms with E-state index in [1.165, 1.54) is 19.3 Å². The molecule has 1 saturated heterocycles. The van der Waals surface area contributed by atoms with Gasteiger partial charge >= 0.3 is 0 Å². The lowest BCUT2D eigenvalue weighted by Gasteiger charge is -2.35. The monoisotopic (exact) mass is 229 g/mol. The summed E-state index contributed by atoms with van der Waals surface area (Å²) in [6.07, 6.45) is 6.11. The van der Waals surface area contributed by atoms with Gasteiger partial charge in [0, 0.05) is 19.1 Å². The third-order valence-corrected chi connectivity index (χ3v) is 3.22. The van der Waals surface area contributed by atoms with Gasteiger partial charge in [0.15, 0.2) is 0 Å². The minimum absolute atomic E-state index is 0.265. The lowest BCUT2D eigenvalue weighted by molar-refractivity contribution is 0.118. The molecule has 0 radical (unpaired) electrons. The van der Waals surface area contributed by atoms with Gasteiger partial charge in [-0.25, -0.2) is 0 Å². The molecule has 1 aliphatic heterocycles. The van der Waals surface area contributed by atoms with Gasteiger partial charge in [-0.15, -0.1) is 0 Å². The first-order chi connectivity index (χ1) is 7.77. The molecule has 16 heavy (non-hydrogen) atoms. The van der Waals surface area contributed by atoms with Crippen LogP contribution in [-0.4, -0.2) is 46.8 Å². The zero-order chi connectivity index (χ0) is 11.8. The van der Waals surface area contributed by atoms with Crippen molar-refractivity contribution in [2.75, 3.05) is 19.7 Å². The van der Waals surface area contributed by atoms with Gasteiger partial charge in [-0.3, -0.25) is 0 Å². The maximum absolute atomic E-state index is 8.99. The molecule has 0 aromatic heterocycles. The molecule has 0 aliphatic carbocycles. The van der Waals surface area contributed by atoms with Crippen LogP contribution in [0.1, 0.15) is 38.5 Å². The molecule has 0 amide bonds. The van der Waals surface area contributed by atoms with Crippen LogP contribution >= 0.6 is 0 Å². The highest BCUT2D eigenvalue weighted by atomic mass is 16.4. The van der Waals surface area contributed by atoms with Crippen LogP contribution in [0.3, 0.4) is 0 Å². The third kappa shape index (κ3) is 4.37. The topological polar surface area (TPSA) is 82.1 Å². The second kappa shape index (κ2) is 7.46. The van der Waals surface area contributed by atoms with Crippen LogP contribution in [0.2, 0.25) is 0 Å². The van der Waals surface area contributed by atoms with Crippen LogP contribution in [0.4, 0.5) is 0 Å². The number of rotatable bonds is 6. The van der Waals surface area contributed by atoms with E-state index < -0.39 is 0 Å². The zero-order valence-electron chi connectivity index (χ0n) is 9.81. The molecule has 0 aromatic rings. The molecule has 4 N–H and O–H groups in total. The van der Waals surface area contributed by atoms with E-state index in [0.717, 1.165) is 25.9 Å². The highest BCUT2D eigenvalue weighted by Gasteiger charge is 2.21. The molecule has 0 spiro atoms. The van der Waals surface area contributed by atoms with E-state index in [1.807, 2.05) is 0 Å². The molecule has 0 saturated carbocycles. The number of piperidine rings is 1. The number of nitrogens with two attached hydrogens (primary N) is 1. The van der Waals surface area contributed by atoms with E-state index in [-0.39, 0.29) is 6.61 Å². The summed E-state index contributed by atoms with van der Waals surface area (Å²) in [5.41, 5.74) is 5.42. The molecular formula is C11H23N3O2. The molecule has 1 aliphatic rings. The summed E-state index contributed by atoms with van der Waals surface area (Å²) >= 11 is 0. The summed E-state index contributed by atoms with van der Waals surface area (Å²) in [4.78, 5) is 2.42. The summed E-state index contributed by atoms with van der Waals surface area (Å²) < 4.78 is 0. The Labute approximate surface area is 96.9 Å². The number of amidine groups is 1. The van der Waals surface area contributed by atoms with Crippen LogP contribution in [0.25, 0.3) is 0 Å². The minimum Gasteiger partial charge on any atom is -0.409 e. The van der Waals surface area contributed by atoms with Crippen molar-refractivity contribution in [3.63, 3.8) is 0 Å². The highest BCUT2D eigenvalue weighted by molar-refractivity contribution is 5.79. The van der Waals surface area contributed by atoms with Crippen LogP contribution in [-0.2, 0) is 0 Å². The molecule has 1 unspecified atom stereocenters. The molecule has 1 atom stereocenters. The predicted molar refractivity (Wildman–Crippen MR) is 63.6 cm³/mol. The van der Waals surface area contributed by atoms with Crippen molar-refractivity contribution >= 4 is 5.84 Å². The van der Waals surface area contributed by atoms with E-state index in [9.17, 15) is 0 Å². The average molecular weight is 229 g/mol. The summed E-state index contributed by atoms with van der Waals surface area (Å²) in [6.45, 7) is 2.35. The van der Waals surface area contributed by atoms with Crippen molar-refractivity contribution in [2.45, 2.75) is 44.6 Å². The summed E-state index contributed by atoms with van der Waals surface area (Å²) in [5.74, 6) is 0.302. The van der Waals surface area contributed by atoms with E-state index in [2.05, 4.69) is 10.1 Å². The van der Waals surface area contributed by atoms with Gasteiger partial charge in [0.05, 0.1) is 0 Å². The highest BCUT2D eigenvalue weighted by Crippen LogP contribution is 2.19. The Balaban J connectivity index is 2.26. The molecule has 5 heteroatoms. The number of aliphatic hydroxyl groups is 1. The van der Waals surface area contributed by atoms with Gasteiger partial charge in [0.2, 0.25) is 0 Å². The summed E-state index contributed by atoms with van der Waals surface area (Å²) in [7, 11) is 0. The summed E-state index contributed by atoms with van der Waals surface area (Å²) in [5, 5.41) is 20.4. The van der Waals surface area contributed by atoms with Gasteiger partial charge in [0.1, 0.15) is 5.84 Å². The maximum Gasteiger partial charge on any atom is 0.139 e. The molecule has 0 bridgehead atoms. The van der Waals surface area contributed by atoms with Crippen molar-refractivity contribution < 1.29 is 10.3 Å². The van der Waals surface area contributed by atoms with E-state index in [1.54, 1.807) is 0 Å². The van der Waals surface area contributed by atoms with Crippen molar-refractivity contribution in [3.05, 3.63) is 0 Å². The first-order valence-electron chi connectivity index (χ1n) is 6.09. The molecule has 1 rings (SSSR count). The maximum atomic E-state index is 8.99. The lowest BCUT2D eigenvalue weighted by atomic mass is 9.99. The van der Waals surface area contributed by atoms with E-state index in [4.69, 9.17) is 16.0 Å². The quantitative estimate of drug-likeness (QED) is 0.272. The molecule has 94 valence electrons. The summed E-state index contributed by atoms with van der Waals surface area (Å²) in [6, 6.07) is 0.519. The first kappa shape index (κ1) is 13.3. The van der Waals surface area contributed by atoms with Crippen molar-refractivity contribution in [3.8, 4) is 0 Å². The van der Waals surface area contributed by atoms with Gasteiger partial charge in [-0.1, -0.05) is 11.6 Å². The average Bonchev–Trinajstić information content (AvgIpc) is 2.31. The third-order valence-electron chi connectivity index (χ3n) is 3.22. The zero-order valence-corrected chi connectivity index (χ0v) is 9.81. The fourth-order valence-corrected chi connectivity index (χ4v) is 2.34. The number of oxime groups is 1. The number of hydrogen-bond acceptors (Lipinski definition) is 4. The smallest absolute Gasteiger partial charge is 0.139 e. The van der Waals surface area contributed by atoms with E-state index in [0.29, 0.717) is 18.3 Å². The number of likely N-dealkylation sites (tertiary alicyclic amines) is 1. The Bertz CT molecular complexity index is 219. The van der Waals surface area contributed by atoms with Crippen molar-refractivity contribution in [1.82, 2.24) is 4.90 Å². The fraction of sp³-hybridized carbons (Fsp3) is 0.909. The Kier molecular flexibility index (Phi) is 6.18. The Morgan fingerprint density at radius 3 is 2.94 bits per heavy atom. The Morgan fingerprint density at radius 2 is 2.25 bits per heavy atom. The lowest BCUT2D eigenvalue weighted by Crippen LogP contribution is -2.40. The number of hydrogen-bond donors (Lipinski definition) is 3. The first-order valence-corrected chi connectivity index (χ1v) is 6.09. The second-order valence-electron chi connectivity index (χ2n) is 4.39. The van der Waals surface area contributed by atoms with Crippen molar-refractivity contribution in [2.24, 2.45) is 10.9 Å². The van der Waals surface area contributed by atoms with Crippen LogP contribution in [0.15, 0.2) is 5.16 Å². The van der Waals surface area contributed by atoms with E-state index >= 15 is 0 Å². The van der Waals surface area contributed by atoms with Gasteiger partial charge in [-0.05, 0) is 38.8 Å². The SMILES string of the molecule is N/C(CCCN1CCCCC1CCO)=N\O. The molecular weight excluding hydrogens is 206 g/mol. The Morgan fingerprint density at radius 1 is 1.44 bits per heavy atom. The van der Waals surface area contributed by atoms with Crippen LogP contribution in [0, 0.1) is 0 Å². The van der Waals surface area contributed by atoms with Gasteiger partial charge in [0.25, 0.3) is 0 Å². The predicted octanol–water partition coefficient (Wildman–Crippen LogP) is 0.750. The molecule has 1 fully saturated rings. The second-order valence-corrected chi connectivity index (χ2v) is 4.39. The molecule has 5 nitrogen and oxygen atoms in total. The standard InChI is InChI=1S/C11H23N3O2/c12-11(13-16)5-3-8-14-7-2-1-4-10(14)6-9-15/h10,15-16H,1-9H2,(H2,12,13). The number of aliphatic hydroxyl groups excluding tert-OH is 1. The fourth-order valence-electron chi connectivity index (χ4n) is 2.34. The van der Waals surface area contributed by atoms with Gasteiger partial charge in [-0.2, -0.15) is 0 Å². The number of nitrogens with zero attached hydrogens (tertiary/aromatic N) is 2. The largest absolute Gasteiger partial charge is 0.409 e. The molecule has 1 heterocycles. The van der Waals surface area contributed by atoms with Crippen molar-refractivity contribution in [1.29, 1.82) is 0 Å². The normalized spacial score (nSPS) is 23.6. The van der Waals surface area contributed by atoms with Crippen LogP contribution in [0.5, 0.6) is 0 Å². The Hall–Kier alpha value is -0.810. The molecule has 0 aromatic carbocycles. The van der Waals surface area contributed by atoms with Crippen LogP contribution < -0.4 is 5.73 Å². The van der Waals surface area contributed by atoms with Gasteiger partial charge < -0.3 is 20.9 Å².